The summed E-state index contributed by atoms with van der Waals surface area (Å²) in [5.74, 6) is 0.516. The van der Waals surface area contributed by atoms with E-state index in [9.17, 15) is 9.59 Å². The first kappa shape index (κ1) is 22.7. The smallest absolute Gasteiger partial charge is 0.333 e. The summed E-state index contributed by atoms with van der Waals surface area (Å²) in [6.45, 7) is 9.47. The molecule has 1 rings (SSSR count). The van der Waals surface area contributed by atoms with Crippen LogP contribution in [-0.2, 0) is 14.3 Å². The van der Waals surface area contributed by atoms with Gasteiger partial charge in [0.05, 0.1) is 6.10 Å². The molecule has 0 radical (unpaired) electrons. The Balaban J connectivity index is 2.18. The molecule has 0 spiro atoms. The molecule has 4 nitrogen and oxygen atoms in total. The van der Waals surface area contributed by atoms with Gasteiger partial charge in [0.1, 0.15) is 0 Å². The highest BCUT2D eigenvalue weighted by molar-refractivity contribution is 5.87. The van der Waals surface area contributed by atoms with Crippen LogP contribution in [0.2, 0.25) is 0 Å². The minimum absolute atomic E-state index is 0.0967. The summed E-state index contributed by atoms with van der Waals surface area (Å²) in [5, 5.41) is 0. The van der Waals surface area contributed by atoms with Crippen LogP contribution in [0.5, 0.6) is 0 Å². The molecule has 1 aliphatic heterocycles. The highest BCUT2D eigenvalue weighted by atomic mass is 16.5. The van der Waals surface area contributed by atoms with Crippen LogP contribution >= 0.6 is 0 Å². The molecule has 1 aliphatic rings. The van der Waals surface area contributed by atoms with Gasteiger partial charge in [0, 0.05) is 25.1 Å². The molecule has 1 saturated heterocycles. The van der Waals surface area contributed by atoms with Crippen LogP contribution in [0.25, 0.3) is 0 Å². The first-order valence-corrected chi connectivity index (χ1v) is 10.6. The van der Waals surface area contributed by atoms with Crippen molar-refractivity contribution >= 4 is 11.9 Å². The predicted molar refractivity (Wildman–Crippen MR) is 107 cm³/mol. The highest BCUT2D eigenvalue weighted by Gasteiger charge is 2.27. The van der Waals surface area contributed by atoms with E-state index < -0.39 is 0 Å². The summed E-state index contributed by atoms with van der Waals surface area (Å²) >= 11 is 0. The third kappa shape index (κ3) is 8.86. The summed E-state index contributed by atoms with van der Waals surface area (Å²) in [6, 6.07) is 0. The fourth-order valence-corrected chi connectivity index (χ4v) is 3.55. The highest BCUT2D eigenvalue weighted by Crippen LogP contribution is 2.23. The van der Waals surface area contributed by atoms with Crippen LogP contribution in [0.1, 0.15) is 91.9 Å². The second kappa shape index (κ2) is 12.9. The van der Waals surface area contributed by atoms with Gasteiger partial charge in [-0.15, -0.1) is 0 Å². The summed E-state index contributed by atoms with van der Waals surface area (Å²) < 4.78 is 5.47. The Kier molecular flexibility index (Phi) is 11.3. The van der Waals surface area contributed by atoms with E-state index in [1.54, 1.807) is 13.0 Å². The van der Waals surface area contributed by atoms with Crippen molar-refractivity contribution in [3.05, 3.63) is 11.6 Å². The minimum atomic E-state index is -0.232. The largest absolute Gasteiger partial charge is 0.459 e. The minimum Gasteiger partial charge on any atom is -0.459 e. The number of hydrogen-bond donors (Lipinski definition) is 0. The number of likely N-dealkylation sites (tertiary alicyclic amines) is 1. The molecular formula is C22H39NO3. The van der Waals surface area contributed by atoms with Gasteiger partial charge in [-0.2, -0.15) is 0 Å². The lowest BCUT2D eigenvalue weighted by Crippen LogP contribution is -2.29. The van der Waals surface area contributed by atoms with Gasteiger partial charge >= 0.3 is 5.97 Å². The zero-order chi connectivity index (χ0) is 19.4. The van der Waals surface area contributed by atoms with Gasteiger partial charge in [-0.05, 0) is 46.0 Å². The summed E-state index contributed by atoms with van der Waals surface area (Å²) in [4.78, 5) is 26.2. The van der Waals surface area contributed by atoms with Gasteiger partial charge in [-0.25, -0.2) is 4.79 Å². The van der Waals surface area contributed by atoms with E-state index in [-0.39, 0.29) is 12.1 Å². The SMILES string of the molecule is CC=C(C)C(=O)OC(C)CC1CCN(C(=O)CCCCCCCCC)C1. The molecule has 0 aliphatic carbocycles. The molecule has 1 fully saturated rings. The van der Waals surface area contributed by atoms with Gasteiger partial charge in [-0.3, -0.25) is 4.79 Å². The van der Waals surface area contributed by atoms with Crippen molar-refractivity contribution in [2.45, 2.75) is 98.0 Å². The van der Waals surface area contributed by atoms with E-state index in [4.69, 9.17) is 4.74 Å². The van der Waals surface area contributed by atoms with Gasteiger partial charge in [0.25, 0.3) is 0 Å². The lowest BCUT2D eigenvalue weighted by atomic mass is 10.0. The zero-order valence-electron chi connectivity index (χ0n) is 17.4. The normalized spacial score (nSPS) is 18.8. The number of carbonyl (C=O) groups is 2. The number of hydrogen-bond acceptors (Lipinski definition) is 3. The number of unbranched alkanes of at least 4 members (excludes halogenated alkanes) is 6. The van der Waals surface area contributed by atoms with Gasteiger partial charge in [0.2, 0.25) is 5.91 Å². The van der Waals surface area contributed by atoms with Crippen LogP contribution < -0.4 is 0 Å². The van der Waals surface area contributed by atoms with Crippen LogP contribution in [-0.4, -0.2) is 36.0 Å². The second-order valence-corrected chi connectivity index (χ2v) is 7.79. The quantitative estimate of drug-likeness (QED) is 0.269. The van der Waals surface area contributed by atoms with Crippen LogP contribution in [0.15, 0.2) is 11.6 Å². The molecule has 0 aromatic heterocycles. The molecule has 0 bridgehead atoms. The van der Waals surface area contributed by atoms with Crippen molar-refractivity contribution in [1.82, 2.24) is 4.90 Å². The number of rotatable bonds is 12. The average Bonchev–Trinajstić information content (AvgIpc) is 3.08. The molecule has 0 aromatic rings. The maximum absolute atomic E-state index is 12.4. The van der Waals surface area contributed by atoms with Crippen LogP contribution in [0, 0.1) is 5.92 Å². The van der Waals surface area contributed by atoms with E-state index in [0.29, 0.717) is 23.8 Å². The van der Waals surface area contributed by atoms with Crippen molar-refractivity contribution < 1.29 is 14.3 Å². The topological polar surface area (TPSA) is 46.6 Å². The third-order valence-electron chi connectivity index (χ3n) is 5.36. The predicted octanol–water partition coefficient (Wildman–Crippen LogP) is 5.26. The first-order chi connectivity index (χ1) is 12.5. The number of nitrogens with zero attached hydrogens (tertiary/aromatic N) is 1. The van der Waals surface area contributed by atoms with Crippen LogP contribution in [0.3, 0.4) is 0 Å². The van der Waals surface area contributed by atoms with Crippen molar-refractivity contribution in [2.24, 2.45) is 5.92 Å². The lowest BCUT2D eigenvalue weighted by molar-refractivity contribution is -0.144. The summed E-state index contributed by atoms with van der Waals surface area (Å²) in [6.07, 6.45) is 12.9. The van der Waals surface area contributed by atoms with Crippen molar-refractivity contribution in [3.63, 3.8) is 0 Å². The molecule has 1 heterocycles. The molecule has 4 heteroatoms. The molecule has 1 amide bonds. The Labute approximate surface area is 160 Å². The van der Waals surface area contributed by atoms with E-state index in [0.717, 1.165) is 32.4 Å². The number of ether oxygens (including phenoxy) is 1. The molecule has 26 heavy (non-hydrogen) atoms. The van der Waals surface area contributed by atoms with Crippen molar-refractivity contribution in [3.8, 4) is 0 Å². The lowest BCUT2D eigenvalue weighted by Gasteiger charge is -2.19. The Bertz CT molecular complexity index is 458. The number of allylic oxidation sites excluding steroid dienone is 1. The maximum Gasteiger partial charge on any atom is 0.333 e. The molecule has 0 saturated carbocycles. The fourth-order valence-electron chi connectivity index (χ4n) is 3.55. The molecular weight excluding hydrogens is 326 g/mol. The third-order valence-corrected chi connectivity index (χ3v) is 5.36. The average molecular weight is 366 g/mol. The Hall–Kier alpha value is -1.32. The molecule has 0 N–H and O–H groups in total. The fraction of sp³-hybridized carbons (Fsp3) is 0.818. The van der Waals surface area contributed by atoms with E-state index >= 15 is 0 Å². The Morgan fingerprint density at radius 2 is 1.81 bits per heavy atom. The Morgan fingerprint density at radius 3 is 2.46 bits per heavy atom. The van der Waals surface area contributed by atoms with E-state index in [1.165, 1.54) is 38.5 Å². The van der Waals surface area contributed by atoms with Gasteiger partial charge in [0.15, 0.2) is 0 Å². The maximum atomic E-state index is 12.4. The first-order valence-electron chi connectivity index (χ1n) is 10.6. The molecule has 150 valence electrons. The molecule has 2 atom stereocenters. The second-order valence-electron chi connectivity index (χ2n) is 7.79. The summed E-state index contributed by atoms with van der Waals surface area (Å²) in [7, 11) is 0. The standard InChI is InChI=1S/C22H39NO3/c1-5-7-8-9-10-11-12-13-21(24)23-15-14-20(17-23)16-19(4)26-22(25)18(3)6-2/h6,19-20H,5,7-17H2,1-4H3. The van der Waals surface area contributed by atoms with Crippen LogP contribution in [0.4, 0.5) is 0 Å². The van der Waals surface area contributed by atoms with Gasteiger partial charge < -0.3 is 9.64 Å². The van der Waals surface area contributed by atoms with E-state index in [1.807, 2.05) is 18.7 Å². The Morgan fingerprint density at radius 1 is 1.15 bits per heavy atom. The van der Waals surface area contributed by atoms with Gasteiger partial charge in [-0.1, -0.05) is 51.5 Å². The molecule has 0 aromatic carbocycles. The monoisotopic (exact) mass is 365 g/mol. The van der Waals surface area contributed by atoms with E-state index in [2.05, 4.69) is 6.92 Å². The van der Waals surface area contributed by atoms with Crippen molar-refractivity contribution in [2.75, 3.05) is 13.1 Å². The number of carbonyl (C=O) groups excluding carboxylic acids is 2. The number of amides is 1. The number of esters is 1. The summed E-state index contributed by atoms with van der Waals surface area (Å²) in [5.41, 5.74) is 0.648. The molecule has 2 unspecified atom stereocenters. The zero-order valence-corrected chi connectivity index (χ0v) is 17.4. The van der Waals surface area contributed by atoms with Crippen molar-refractivity contribution in [1.29, 1.82) is 0 Å².